The Balaban J connectivity index is 1.11. The monoisotopic (exact) mass is 910 g/mol. The third kappa shape index (κ3) is 7.36. The van der Waals surface area contributed by atoms with Gasteiger partial charge in [-0.3, -0.25) is 0 Å². The maximum absolute atomic E-state index is 2.49. The van der Waals surface area contributed by atoms with Crippen LogP contribution in [0.3, 0.4) is 0 Å². The second-order valence-corrected chi connectivity index (χ2v) is 19.1. The van der Waals surface area contributed by atoms with Gasteiger partial charge < -0.3 is 9.47 Å². The molecule has 0 bridgehead atoms. The predicted octanol–water partition coefficient (Wildman–Crippen LogP) is 18.8. The van der Waals surface area contributed by atoms with Gasteiger partial charge >= 0.3 is 0 Å². The number of aromatic nitrogens is 1. The molecule has 0 fully saturated rings. The molecule has 70 heavy (non-hydrogen) atoms. The van der Waals surface area contributed by atoms with Gasteiger partial charge in [-0.05, 0) is 117 Å². The van der Waals surface area contributed by atoms with Gasteiger partial charge in [-0.25, -0.2) is 0 Å². The molecule has 0 spiro atoms. The average Bonchev–Trinajstić information content (AvgIpc) is 3.99. The Morgan fingerprint density at radius 1 is 0.343 bits per heavy atom. The molecule has 0 aliphatic rings. The Kier molecular flexibility index (Phi) is 10.5. The highest BCUT2D eigenvalue weighted by Gasteiger charge is 2.25. The van der Waals surface area contributed by atoms with Crippen LogP contribution in [-0.2, 0) is 0 Å². The van der Waals surface area contributed by atoms with Crippen molar-refractivity contribution in [2.75, 3.05) is 4.90 Å². The van der Waals surface area contributed by atoms with Crippen LogP contribution in [-0.4, -0.2) is 4.57 Å². The van der Waals surface area contributed by atoms with E-state index in [9.17, 15) is 0 Å². The van der Waals surface area contributed by atoms with E-state index in [1.807, 2.05) is 11.3 Å². The lowest BCUT2D eigenvalue weighted by Gasteiger charge is -2.28. The van der Waals surface area contributed by atoms with Crippen molar-refractivity contribution < 1.29 is 0 Å². The first-order valence-electron chi connectivity index (χ1n) is 24.0. The van der Waals surface area contributed by atoms with Gasteiger partial charge in [-0.1, -0.05) is 200 Å². The lowest BCUT2D eigenvalue weighted by atomic mass is 9.83. The van der Waals surface area contributed by atoms with Crippen LogP contribution in [0.5, 0.6) is 0 Å². The van der Waals surface area contributed by atoms with Crippen LogP contribution in [0.1, 0.15) is 22.6 Å². The molecule has 11 aromatic carbocycles. The summed E-state index contributed by atoms with van der Waals surface area (Å²) in [5.41, 5.74) is 17.8. The topological polar surface area (TPSA) is 8.17 Å². The number of thiophene rings is 1. The van der Waals surface area contributed by atoms with E-state index in [1.165, 1.54) is 92.0 Å². The van der Waals surface area contributed by atoms with E-state index in [0.29, 0.717) is 0 Å². The maximum atomic E-state index is 2.49. The van der Waals surface area contributed by atoms with Crippen molar-refractivity contribution in [2.24, 2.45) is 0 Å². The van der Waals surface area contributed by atoms with Crippen LogP contribution in [0.4, 0.5) is 17.1 Å². The van der Waals surface area contributed by atoms with Gasteiger partial charge in [-0.15, -0.1) is 11.3 Å². The molecule has 2 nitrogen and oxygen atoms in total. The van der Waals surface area contributed by atoms with Crippen molar-refractivity contribution in [3.05, 3.63) is 290 Å². The summed E-state index contributed by atoms with van der Waals surface area (Å²) < 4.78 is 5.04. The van der Waals surface area contributed by atoms with Gasteiger partial charge in [0, 0.05) is 65.2 Å². The summed E-state index contributed by atoms with van der Waals surface area (Å²) >= 11 is 1.90. The molecule has 1 atom stereocenters. The summed E-state index contributed by atoms with van der Waals surface area (Å²) in [5.74, 6) is -0.0653. The molecule has 0 N–H and O–H groups in total. The zero-order chi connectivity index (χ0) is 46.4. The number of hydrogen-bond acceptors (Lipinski definition) is 2. The number of anilines is 3. The van der Waals surface area contributed by atoms with Crippen LogP contribution in [0.2, 0.25) is 0 Å². The first-order chi connectivity index (χ1) is 34.7. The van der Waals surface area contributed by atoms with Crippen molar-refractivity contribution in [2.45, 2.75) is 5.92 Å². The van der Waals surface area contributed by atoms with Crippen molar-refractivity contribution in [3.8, 4) is 39.1 Å². The minimum atomic E-state index is -0.0653. The molecule has 330 valence electrons. The maximum Gasteiger partial charge on any atom is 0.0634 e. The molecule has 0 radical (unpaired) electrons. The molecule has 13 aromatic rings. The lowest BCUT2D eigenvalue weighted by molar-refractivity contribution is 0.977. The summed E-state index contributed by atoms with van der Waals surface area (Å²) in [5, 5.41) is 5.04. The van der Waals surface area contributed by atoms with E-state index in [2.05, 4.69) is 282 Å². The number of para-hydroxylation sites is 3. The third-order valence-corrected chi connectivity index (χ3v) is 15.1. The van der Waals surface area contributed by atoms with E-state index in [-0.39, 0.29) is 5.92 Å². The largest absolute Gasteiger partial charge is 0.310 e. The van der Waals surface area contributed by atoms with Crippen LogP contribution in [0.25, 0.3) is 81.0 Å². The van der Waals surface area contributed by atoms with Gasteiger partial charge in [0.05, 0.1) is 11.0 Å². The smallest absolute Gasteiger partial charge is 0.0634 e. The van der Waals surface area contributed by atoms with Crippen molar-refractivity contribution >= 4 is 70.4 Å². The highest BCUT2D eigenvalue weighted by atomic mass is 32.1. The quantitative estimate of drug-likeness (QED) is 0.124. The zero-order valence-corrected chi connectivity index (χ0v) is 39.2. The normalized spacial score (nSPS) is 11.9. The molecule has 0 aliphatic heterocycles. The van der Waals surface area contributed by atoms with Crippen LogP contribution >= 0.6 is 11.3 Å². The van der Waals surface area contributed by atoms with Gasteiger partial charge in [0.2, 0.25) is 0 Å². The van der Waals surface area contributed by atoms with Gasteiger partial charge in [0.25, 0.3) is 0 Å². The second kappa shape index (κ2) is 17.7. The van der Waals surface area contributed by atoms with E-state index in [4.69, 9.17) is 0 Å². The molecule has 0 amide bonds. The Hall–Kier alpha value is -8.76. The van der Waals surface area contributed by atoms with E-state index >= 15 is 0 Å². The molecule has 3 heteroatoms. The Morgan fingerprint density at radius 3 is 1.53 bits per heavy atom. The Morgan fingerprint density at radius 2 is 0.857 bits per heavy atom. The van der Waals surface area contributed by atoms with Gasteiger partial charge in [0.1, 0.15) is 0 Å². The van der Waals surface area contributed by atoms with Gasteiger partial charge in [-0.2, -0.15) is 0 Å². The fraction of sp³-hybridized carbons (Fsp3) is 0.0149. The first-order valence-corrected chi connectivity index (χ1v) is 24.8. The number of hydrogen-bond donors (Lipinski definition) is 0. The fourth-order valence-corrected chi connectivity index (χ4v) is 11.9. The SMILES string of the molecule is c1ccc(-c2ccc(C(c3ccccc3)c3cc(-c4cc5c6ccccc6n(-c6ccccc6)c5c5c4sc4ccccc45)cc(N(c4ccccc4)c4ccc(-c5ccccc5)cc4)c3)cc2)cc1. The van der Waals surface area contributed by atoms with Crippen LogP contribution in [0, 0.1) is 0 Å². The number of rotatable bonds is 10. The Labute approximate surface area is 412 Å². The Bertz CT molecular complexity index is 3810. The zero-order valence-electron chi connectivity index (χ0n) is 38.4. The standard InChI is InChI=1S/C67H46N2S/c1-6-20-46(21-7-1)48-34-36-51(37-35-48)64(50-24-10-3-11-25-50)53-42-52(43-57(44-53)68(54-26-12-4-13-27-54)56-40-38-49(39-41-56)47-22-8-2-9-23-47)60-45-61-58-30-16-18-32-62(58)69(55-28-14-5-15-29-55)66(61)65-59-31-17-19-33-63(59)70-67(60)65/h1-45,64H. The number of benzene rings is 11. The highest BCUT2D eigenvalue weighted by molar-refractivity contribution is 7.26. The molecule has 13 rings (SSSR count). The highest BCUT2D eigenvalue weighted by Crippen LogP contribution is 2.50. The molecule has 1 unspecified atom stereocenters. The molecular formula is C67H46N2S. The lowest BCUT2D eigenvalue weighted by Crippen LogP contribution is -2.12. The minimum Gasteiger partial charge on any atom is -0.310 e. The molecule has 0 saturated heterocycles. The fourth-order valence-electron chi connectivity index (χ4n) is 10.7. The number of fused-ring (bicyclic) bond motifs is 7. The summed E-state index contributed by atoms with van der Waals surface area (Å²) in [7, 11) is 0. The van der Waals surface area contributed by atoms with E-state index in [1.54, 1.807) is 0 Å². The van der Waals surface area contributed by atoms with E-state index < -0.39 is 0 Å². The predicted molar refractivity (Wildman–Crippen MR) is 298 cm³/mol. The minimum absolute atomic E-state index is 0.0653. The summed E-state index contributed by atoms with van der Waals surface area (Å²) in [6.45, 7) is 0. The molecule has 2 heterocycles. The third-order valence-electron chi connectivity index (χ3n) is 13.9. The van der Waals surface area contributed by atoms with E-state index in [0.717, 1.165) is 22.7 Å². The number of nitrogens with zero attached hydrogens (tertiary/aromatic N) is 2. The molecule has 0 saturated carbocycles. The summed E-state index contributed by atoms with van der Waals surface area (Å²) in [6, 6.07) is 100. The molecule has 2 aromatic heterocycles. The van der Waals surface area contributed by atoms with Gasteiger partial charge in [0.15, 0.2) is 0 Å². The van der Waals surface area contributed by atoms with Crippen molar-refractivity contribution in [1.29, 1.82) is 0 Å². The van der Waals surface area contributed by atoms with Crippen molar-refractivity contribution in [3.63, 3.8) is 0 Å². The summed E-state index contributed by atoms with van der Waals surface area (Å²) in [4.78, 5) is 2.43. The first kappa shape index (κ1) is 41.4. The summed E-state index contributed by atoms with van der Waals surface area (Å²) in [6.07, 6.45) is 0. The second-order valence-electron chi connectivity index (χ2n) is 18.0. The van der Waals surface area contributed by atoms with Crippen molar-refractivity contribution in [1.82, 2.24) is 4.57 Å². The van der Waals surface area contributed by atoms with Crippen LogP contribution < -0.4 is 4.90 Å². The molecule has 0 aliphatic carbocycles. The molecular weight excluding hydrogens is 865 g/mol. The average molecular weight is 911 g/mol. The van der Waals surface area contributed by atoms with Crippen LogP contribution in [0.15, 0.2) is 273 Å².